The second kappa shape index (κ2) is 7.98. The lowest BCUT2D eigenvalue weighted by Gasteiger charge is -2.23. The Hall–Kier alpha value is -3.93. The van der Waals surface area contributed by atoms with E-state index in [0.29, 0.717) is 29.7 Å². The number of carbonyl (C=O) groups is 2. The predicted octanol–water partition coefficient (Wildman–Crippen LogP) is 3.50. The summed E-state index contributed by atoms with van der Waals surface area (Å²) in [6.45, 7) is 0.913. The van der Waals surface area contributed by atoms with Gasteiger partial charge in [-0.25, -0.2) is 4.98 Å². The molecule has 0 aliphatic heterocycles. The minimum absolute atomic E-state index is 0.0397. The van der Waals surface area contributed by atoms with Gasteiger partial charge in [0.25, 0.3) is 11.8 Å². The number of nitrogens with zero attached hydrogens (tertiary/aromatic N) is 2. The number of hydrogen-bond acceptors (Lipinski definition) is 3. The quantitative estimate of drug-likeness (QED) is 0.533. The van der Waals surface area contributed by atoms with Crippen molar-refractivity contribution in [2.45, 2.75) is 13.1 Å². The topological polar surface area (TPSA) is 92.1 Å². The fourth-order valence-electron chi connectivity index (χ4n) is 3.30. The number of aromatic amines is 1. The molecule has 6 heteroatoms. The second-order valence-electron chi connectivity index (χ2n) is 6.78. The Balaban J connectivity index is 1.72. The van der Waals surface area contributed by atoms with E-state index in [9.17, 15) is 9.59 Å². The van der Waals surface area contributed by atoms with Gasteiger partial charge < -0.3 is 15.6 Å². The molecule has 0 aliphatic rings. The summed E-state index contributed by atoms with van der Waals surface area (Å²) in [6, 6.07) is 24.9. The zero-order chi connectivity index (χ0) is 20.2. The number of fused-ring (bicyclic) bond motifs is 1. The van der Waals surface area contributed by atoms with Gasteiger partial charge in [0, 0.05) is 13.1 Å². The summed E-state index contributed by atoms with van der Waals surface area (Å²) in [7, 11) is 0. The molecule has 2 amide bonds. The number of carbonyl (C=O) groups excluding carboxylic acids is 2. The summed E-state index contributed by atoms with van der Waals surface area (Å²) >= 11 is 0. The maximum atomic E-state index is 13.5. The van der Waals surface area contributed by atoms with Crippen molar-refractivity contribution in [3.8, 4) is 0 Å². The number of rotatable bonds is 6. The average molecular weight is 384 g/mol. The van der Waals surface area contributed by atoms with E-state index in [0.717, 1.165) is 11.1 Å². The lowest BCUT2D eigenvalue weighted by atomic mass is 10.1. The van der Waals surface area contributed by atoms with Gasteiger partial charge in [-0.05, 0) is 23.3 Å². The summed E-state index contributed by atoms with van der Waals surface area (Å²) in [5, 5.41) is 0. The Morgan fingerprint density at radius 1 is 0.828 bits per heavy atom. The minimum atomic E-state index is -0.662. The number of amides is 2. The summed E-state index contributed by atoms with van der Waals surface area (Å²) in [5.41, 5.74) is 8.87. The SMILES string of the molecule is NC(=O)c1nc2c(C(=O)N(Cc3ccccc3)Cc3ccccc3)cccc2[nH]1. The van der Waals surface area contributed by atoms with Crippen LogP contribution in [0.1, 0.15) is 32.1 Å². The molecular weight excluding hydrogens is 364 g/mol. The molecule has 0 radical (unpaired) electrons. The zero-order valence-corrected chi connectivity index (χ0v) is 15.7. The van der Waals surface area contributed by atoms with Crippen LogP contribution in [0, 0.1) is 0 Å². The van der Waals surface area contributed by atoms with Gasteiger partial charge in [0.15, 0.2) is 5.82 Å². The molecule has 0 saturated carbocycles. The van der Waals surface area contributed by atoms with E-state index >= 15 is 0 Å². The molecule has 0 fully saturated rings. The Morgan fingerprint density at radius 2 is 1.41 bits per heavy atom. The minimum Gasteiger partial charge on any atom is -0.363 e. The van der Waals surface area contributed by atoms with Crippen LogP contribution in [0.15, 0.2) is 78.9 Å². The highest BCUT2D eigenvalue weighted by Crippen LogP contribution is 2.21. The van der Waals surface area contributed by atoms with Crippen molar-refractivity contribution >= 4 is 22.8 Å². The van der Waals surface area contributed by atoms with Crippen molar-refractivity contribution in [3.05, 3.63) is 101 Å². The van der Waals surface area contributed by atoms with Crippen molar-refractivity contribution in [3.63, 3.8) is 0 Å². The third-order valence-electron chi connectivity index (χ3n) is 4.70. The van der Waals surface area contributed by atoms with E-state index in [1.54, 1.807) is 23.1 Å². The monoisotopic (exact) mass is 384 g/mol. The van der Waals surface area contributed by atoms with Crippen LogP contribution in [0.5, 0.6) is 0 Å². The maximum Gasteiger partial charge on any atom is 0.284 e. The smallest absolute Gasteiger partial charge is 0.284 e. The molecule has 3 aromatic carbocycles. The Labute approximate surface area is 168 Å². The molecule has 6 nitrogen and oxygen atoms in total. The number of primary amides is 1. The highest BCUT2D eigenvalue weighted by atomic mass is 16.2. The van der Waals surface area contributed by atoms with Crippen LogP contribution in [-0.4, -0.2) is 26.7 Å². The largest absolute Gasteiger partial charge is 0.363 e. The molecule has 1 aromatic heterocycles. The normalized spacial score (nSPS) is 10.8. The van der Waals surface area contributed by atoms with Gasteiger partial charge in [0.05, 0.1) is 11.1 Å². The zero-order valence-electron chi connectivity index (χ0n) is 15.7. The summed E-state index contributed by atoms with van der Waals surface area (Å²) < 4.78 is 0. The summed E-state index contributed by atoms with van der Waals surface area (Å²) in [4.78, 5) is 33.9. The molecule has 0 atom stereocenters. The van der Waals surface area contributed by atoms with Crippen molar-refractivity contribution in [2.75, 3.05) is 0 Å². The highest BCUT2D eigenvalue weighted by molar-refractivity contribution is 6.06. The van der Waals surface area contributed by atoms with Gasteiger partial charge in [-0.15, -0.1) is 0 Å². The summed E-state index contributed by atoms with van der Waals surface area (Å²) in [6.07, 6.45) is 0. The first-order valence-electron chi connectivity index (χ1n) is 9.27. The maximum absolute atomic E-state index is 13.5. The van der Waals surface area contributed by atoms with Crippen molar-refractivity contribution in [2.24, 2.45) is 5.73 Å². The molecule has 0 aliphatic carbocycles. The standard InChI is InChI=1S/C23H20N4O2/c24-21(28)22-25-19-13-7-12-18(20(19)26-22)23(29)27(14-16-8-3-1-4-9-16)15-17-10-5-2-6-11-17/h1-13H,14-15H2,(H2,24,28)(H,25,26). The van der Waals surface area contributed by atoms with Crippen molar-refractivity contribution < 1.29 is 9.59 Å². The molecule has 0 saturated heterocycles. The number of nitrogens with one attached hydrogen (secondary N) is 1. The predicted molar refractivity (Wildman–Crippen MR) is 111 cm³/mol. The van der Waals surface area contributed by atoms with Crippen LogP contribution in [0.4, 0.5) is 0 Å². The van der Waals surface area contributed by atoms with E-state index < -0.39 is 5.91 Å². The highest BCUT2D eigenvalue weighted by Gasteiger charge is 2.21. The van der Waals surface area contributed by atoms with Crippen LogP contribution < -0.4 is 5.73 Å². The molecule has 144 valence electrons. The Kier molecular flexibility index (Phi) is 5.07. The fraction of sp³-hybridized carbons (Fsp3) is 0.0870. The van der Waals surface area contributed by atoms with Gasteiger partial charge in [-0.3, -0.25) is 9.59 Å². The van der Waals surface area contributed by atoms with Gasteiger partial charge in [-0.1, -0.05) is 66.7 Å². The van der Waals surface area contributed by atoms with Crippen LogP contribution in [0.25, 0.3) is 11.0 Å². The summed E-state index contributed by atoms with van der Waals surface area (Å²) in [5.74, 6) is -0.784. The molecule has 0 spiro atoms. The number of benzene rings is 3. The first-order chi connectivity index (χ1) is 14.1. The molecule has 1 heterocycles. The number of para-hydroxylation sites is 1. The molecular formula is C23H20N4O2. The molecule has 3 N–H and O–H groups in total. The second-order valence-corrected chi connectivity index (χ2v) is 6.78. The Morgan fingerprint density at radius 3 is 1.97 bits per heavy atom. The lowest BCUT2D eigenvalue weighted by Crippen LogP contribution is -2.30. The van der Waals surface area contributed by atoms with E-state index in [-0.39, 0.29) is 11.7 Å². The average Bonchev–Trinajstić information content (AvgIpc) is 3.19. The molecule has 4 rings (SSSR count). The van der Waals surface area contributed by atoms with Gasteiger partial charge in [0.2, 0.25) is 0 Å². The van der Waals surface area contributed by atoms with Gasteiger partial charge in [-0.2, -0.15) is 0 Å². The van der Waals surface area contributed by atoms with Crippen LogP contribution in [-0.2, 0) is 13.1 Å². The first-order valence-corrected chi connectivity index (χ1v) is 9.27. The number of imidazole rings is 1. The van der Waals surface area contributed by atoms with E-state index in [1.807, 2.05) is 60.7 Å². The fourth-order valence-corrected chi connectivity index (χ4v) is 3.30. The van der Waals surface area contributed by atoms with E-state index in [4.69, 9.17) is 5.73 Å². The number of nitrogens with two attached hydrogens (primary N) is 1. The first kappa shape index (κ1) is 18.4. The molecule has 0 unspecified atom stereocenters. The number of aromatic nitrogens is 2. The molecule has 0 bridgehead atoms. The molecule has 4 aromatic rings. The van der Waals surface area contributed by atoms with Crippen LogP contribution in [0.2, 0.25) is 0 Å². The van der Waals surface area contributed by atoms with Crippen LogP contribution in [0.3, 0.4) is 0 Å². The Bertz CT molecular complexity index is 1110. The van der Waals surface area contributed by atoms with Crippen LogP contribution >= 0.6 is 0 Å². The third kappa shape index (κ3) is 4.01. The van der Waals surface area contributed by atoms with E-state index in [2.05, 4.69) is 9.97 Å². The lowest BCUT2D eigenvalue weighted by molar-refractivity contribution is 0.0731. The van der Waals surface area contributed by atoms with Gasteiger partial charge in [0.1, 0.15) is 5.52 Å². The van der Waals surface area contributed by atoms with Crippen molar-refractivity contribution in [1.29, 1.82) is 0 Å². The third-order valence-corrected chi connectivity index (χ3v) is 4.70. The number of hydrogen-bond donors (Lipinski definition) is 2. The van der Waals surface area contributed by atoms with Gasteiger partial charge >= 0.3 is 0 Å². The molecule has 29 heavy (non-hydrogen) atoms. The van der Waals surface area contributed by atoms with E-state index in [1.165, 1.54) is 0 Å². The number of H-pyrrole nitrogens is 1. The van der Waals surface area contributed by atoms with Crippen molar-refractivity contribution in [1.82, 2.24) is 14.9 Å².